The first-order valence-corrected chi connectivity index (χ1v) is 4.05. The van der Waals surface area contributed by atoms with Gasteiger partial charge in [0.2, 0.25) is 0 Å². The van der Waals surface area contributed by atoms with Crippen LogP contribution in [0.4, 0.5) is 0 Å². The molecule has 0 spiro atoms. The van der Waals surface area contributed by atoms with Crippen LogP contribution in [0.3, 0.4) is 0 Å². The average Bonchev–Trinajstić information content (AvgIpc) is 1.96. The Bertz CT molecular complexity index is 106. The Morgan fingerprint density at radius 2 is 2.00 bits per heavy atom. The topological polar surface area (TPSA) is 49.4 Å². The van der Waals surface area contributed by atoms with Crippen molar-refractivity contribution in [2.24, 2.45) is 0 Å². The van der Waals surface area contributed by atoms with Gasteiger partial charge >= 0.3 is 29.6 Å². The van der Waals surface area contributed by atoms with E-state index < -0.39 is 5.97 Å². The van der Waals surface area contributed by atoms with E-state index in [9.17, 15) is 9.90 Å². The zero-order valence-electron chi connectivity index (χ0n) is 7.97. The molecule has 0 saturated carbocycles. The van der Waals surface area contributed by atoms with Crippen molar-refractivity contribution in [2.45, 2.75) is 32.6 Å². The molecule has 3 nitrogen and oxygen atoms in total. The van der Waals surface area contributed by atoms with E-state index >= 15 is 0 Å². The Morgan fingerprint density at radius 1 is 1.33 bits per heavy atom. The van der Waals surface area contributed by atoms with Gasteiger partial charge < -0.3 is 14.6 Å². The first-order chi connectivity index (χ1) is 5.27. The van der Waals surface area contributed by atoms with E-state index in [1.165, 1.54) is 12.8 Å². The number of aliphatic carboxylic acids is 1. The number of carbonyl (C=O) groups excluding carboxylic acids is 1. The molecule has 0 unspecified atom stereocenters. The number of hydrogen-bond donors (Lipinski definition) is 0. The molecule has 0 aliphatic rings. The van der Waals surface area contributed by atoms with Crippen molar-refractivity contribution >= 4 is 5.97 Å². The Morgan fingerprint density at radius 3 is 2.50 bits per heavy atom. The summed E-state index contributed by atoms with van der Waals surface area (Å²) >= 11 is 0. The molecule has 0 N–H and O–H groups in total. The minimum absolute atomic E-state index is 0. The van der Waals surface area contributed by atoms with Gasteiger partial charge in [-0.05, 0) is 6.42 Å². The molecule has 0 aliphatic heterocycles. The van der Waals surface area contributed by atoms with Crippen molar-refractivity contribution in [2.75, 3.05) is 13.2 Å². The summed E-state index contributed by atoms with van der Waals surface area (Å²) in [6.07, 6.45) is 4.43. The summed E-state index contributed by atoms with van der Waals surface area (Å²) < 4.78 is 4.78. The second-order valence-corrected chi connectivity index (χ2v) is 2.49. The Balaban J connectivity index is 0. The van der Waals surface area contributed by atoms with Crippen LogP contribution in [0.15, 0.2) is 0 Å². The minimum atomic E-state index is -1.14. The summed E-state index contributed by atoms with van der Waals surface area (Å²) in [6, 6.07) is 0. The molecule has 0 radical (unpaired) electrons. The summed E-state index contributed by atoms with van der Waals surface area (Å²) in [7, 11) is 0. The van der Waals surface area contributed by atoms with Crippen LogP contribution in [0.5, 0.6) is 0 Å². The van der Waals surface area contributed by atoms with Gasteiger partial charge in [-0.3, -0.25) is 0 Å². The van der Waals surface area contributed by atoms with Gasteiger partial charge in [0.15, 0.2) is 0 Å². The summed E-state index contributed by atoms with van der Waals surface area (Å²) in [4.78, 5) is 9.85. The fraction of sp³-hybridized carbons (Fsp3) is 0.875. The van der Waals surface area contributed by atoms with Gasteiger partial charge in [-0.15, -0.1) is 0 Å². The third-order valence-electron chi connectivity index (χ3n) is 1.36. The monoisotopic (exact) mass is 182 g/mol. The molecular formula is C8H15NaO3. The van der Waals surface area contributed by atoms with E-state index in [4.69, 9.17) is 4.74 Å². The minimum Gasteiger partial charge on any atom is -0.548 e. The number of unbranched alkanes of at least 4 members (excludes halogenated alkanes) is 3. The summed E-state index contributed by atoms with van der Waals surface area (Å²) in [6.45, 7) is 2.39. The predicted octanol–water partition coefficient (Wildman–Crippen LogP) is -2.66. The fourth-order valence-corrected chi connectivity index (χ4v) is 0.786. The van der Waals surface area contributed by atoms with Crippen molar-refractivity contribution in [1.82, 2.24) is 0 Å². The predicted molar refractivity (Wildman–Crippen MR) is 40.0 cm³/mol. The van der Waals surface area contributed by atoms with Crippen LogP contribution in [0.2, 0.25) is 0 Å². The van der Waals surface area contributed by atoms with E-state index in [2.05, 4.69) is 6.92 Å². The van der Waals surface area contributed by atoms with Crippen molar-refractivity contribution in [3.8, 4) is 0 Å². The number of carboxylic acid groups (broad SMARTS) is 1. The molecule has 4 heteroatoms. The van der Waals surface area contributed by atoms with Gasteiger partial charge in [-0.25, -0.2) is 0 Å². The Kier molecular flexibility index (Phi) is 14.2. The summed E-state index contributed by atoms with van der Waals surface area (Å²) in [5, 5.41) is 9.85. The molecule has 0 amide bonds. The fourth-order valence-electron chi connectivity index (χ4n) is 0.786. The van der Waals surface area contributed by atoms with Gasteiger partial charge in [0, 0.05) is 6.61 Å². The Labute approximate surface area is 95.8 Å². The van der Waals surface area contributed by atoms with Crippen molar-refractivity contribution in [1.29, 1.82) is 0 Å². The molecule has 0 aromatic heterocycles. The third kappa shape index (κ3) is 13.1. The van der Waals surface area contributed by atoms with Crippen LogP contribution < -0.4 is 34.7 Å². The molecule has 0 aromatic carbocycles. The summed E-state index contributed by atoms with van der Waals surface area (Å²) in [5.41, 5.74) is 0. The largest absolute Gasteiger partial charge is 1.00 e. The maximum absolute atomic E-state index is 9.85. The maximum Gasteiger partial charge on any atom is 1.00 e. The SMILES string of the molecule is CCCCCCOCC(=O)[O-].[Na+]. The second kappa shape index (κ2) is 11.4. The number of rotatable bonds is 7. The molecule has 12 heavy (non-hydrogen) atoms. The van der Waals surface area contributed by atoms with E-state index in [1.807, 2.05) is 0 Å². The number of ether oxygens (including phenoxy) is 1. The zero-order chi connectivity index (χ0) is 8.53. The van der Waals surface area contributed by atoms with Crippen LogP contribution in [0.1, 0.15) is 32.6 Å². The van der Waals surface area contributed by atoms with Crippen molar-refractivity contribution < 1.29 is 44.2 Å². The van der Waals surface area contributed by atoms with Gasteiger partial charge in [0.1, 0.15) is 0 Å². The van der Waals surface area contributed by atoms with Gasteiger partial charge in [-0.1, -0.05) is 26.2 Å². The van der Waals surface area contributed by atoms with Crippen molar-refractivity contribution in [3.63, 3.8) is 0 Å². The number of carboxylic acids is 1. The van der Waals surface area contributed by atoms with Crippen molar-refractivity contribution in [3.05, 3.63) is 0 Å². The summed E-state index contributed by atoms with van der Waals surface area (Å²) in [5.74, 6) is -1.14. The zero-order valence-corrected chi connectivity index (χ0v) is 9.97. The van der Waals surface area contributed by atoms with E-state index in [-0.39, 0.29) is 36.2 Å². The van der Waals surface area contributed by atoms with Gasteiger partial charge in [0.05, 0.1) is 12.6 Å². The second-order valence-electron chi connectivity index (χ2n) is 2.49. The standard InChI is InChI=1S/C8H16O3.Na/c1-2-3-4-5-6-11-7-8(9)10;/h2-7H2,1H3,(H,9,10);/q;+1/p-1. The molecule has 0 fully saturated rings. The smallest absolute Gasteiger partial charge is 0.548 e. The van der Waals surface area contributed by atoms with Crippen LogP contribution in [-0.4, -0.2) is 19.2 Å². The first-order valence-electron chi connectivity index (χ1n) is 4.05. The van der Waals surface area contributed by atoms with Gasteiger partial charge in [-0.2, -0.15) is 0 Å². The van der Waals surface area contributed by atoms with E-state index in [1.54, 1.807) is 0 Å². The van der Waals surface area contributed by atoms with Crippen LogP contribution in [-0.2, 0) is 9.53 Å². The quantitative estimate of drug-likeness (QED) is 0.319. The van der Waals surface area contributed by atoms with Crippen LogP contribution >= 0.6 is 0 Å². The number of carbonyl (C=O) groups is 1. The van der Waals surface area contributed by atoms with Gasteiger partial charge in [0.25, 0.3) is 0 Å². The molecule has 0 aliphatic carbocycles. The van der Waals surface area contributed by atoms with Crippen LogP contribution in [0, 0.1) is 0 Å². The van der Waals surface area contributed by atoms with E-state index in [0.29, 0.717) is 6.61 Å². The van der Waals surface area contributed by atoms with E-state index in [0.717, 1.165) is 12.8 Å². The molecule has 0 bridgehead atoms. The first kappa shape index (κ1) is 14.9. The average molecular weight is 182 g/mol. The molecular weight excluding hydrogens is 167 g/mol. The molecule has 66 valence electrons. The van der Waals surface area contributed by atoms with Crippen LogP contribution in [0.25, 0.3) is 0 Å². The molecule has 0 saturated heterocycles. The normalized spacial score (nSPS) is 9.08. The number of hydrogen-bond acceptors (Lipinski definition) is 3. The molecule has 0 heterocycles. The third-order valence-corrected chi connectivity index (χ3v) is 1.36. The Hall–Kier alpha value is 0.430. The maximum atomic E-state index is 9.85. The molecule has 0 rings (SSSR count). The molecule has 0 aromatic rings. The molecule has 0 atom stereocenters.